The summed E-state index contributed by atoms with van der Waals surface area (Å²) in [5, 5.41) is 19.6. The molecule has 5 N–H and O–H groups in total. The minimum atomic E-state index is -1.39. The van der Waals surface area contributed by atoms with Gasteiger partial charge in [0.2, 0.25) is 5.91 Å². The van der Waals surface area contributed by atoms with Gasteiger partial charge in [-0.25, -0.2) is 9.59 Å². The molecular formula is C10H19N3O5. The van der Waals surface area contributed by atoms with Gasteiger partial charge in [0.05, 0.1) is 6.61 Å². The highest BCUT2D eigenvalue weighted by atomic mass is 16.4. The smallest absolute Gasteiger partial charge is 0.328 e. The van der Waals surface area contributed by atoms with E-state index in [9.17, 15) is 14.4 Å². The van der Waals surface area contributed by atoms with Crippen LogP contribution in [0.15, 0.2) is 0 Å². The summed E-state index contributed by atoms with van der Waals surface area (Å²) in [6, 6.07) is -2.13. The molecule has 3 amide bonds. The van der Waals surface area contributed by atoms with Crippen LogP contribution < -0.4 is 11.1 Å². The van der Waals surface area contributed by atoms with Gasteiger partial charge in [0.25, 0.3) is 0 Å². The second-order valence-corrected chi connectivity index (χ2v) is 3.76. The van der Waals surface area contributed by atoms with Crippen LogP contribution in [-0.2, 0) is 9.59 Å². The van der Waals surface area contributed by atoms with Crippen molar-refractivity contribution in [2.75, 3.05) is 19.7 Å². The summed E-state index contributed by atoms with van der Waals surface area (Å²) in [7, 11) is 0. The molecule has 1 atom stereocenters. The van der Waals surface area contributed by atoms with E-state index >= 15 is 0 Å². The lowest BCUT2D eigenvalue weighted by molar-refractivity contribution is -0.140. The van der Waals surface area contributed by atoms with Crippen molar-refractivity contribution in [3.8, 4) is 0 Å². The number of nitrogens with zero attached hydrogens (tertiary/aromatic N) is 1. The van der Waals surface area contributed by atoms with Gasteiger partial charge in [0, 0.05) is 6.54 Å². The lowest BCUT2D eigenvalue weighted by Crippen LogP contribution is -2.51. The number of carbonyl (C=O) groups excluding carboxylic acids is 2. The Morgan fingerprint density at radius 1 is 1.39 bits per heavy atom. The standard InChI is InChI=1S/C10H19N3O5/c1-2-3-4-13(5-8(11)15)10(18)12-7(6-14)9(16)17/h7,14H,2-6H2,1H3,(H2,11,15)(H,12,18)(H,16,17)/t7-/m0/s1. The van der Waals surface area contributed by atoms with Crippen LogP contribution >= 0.6 is 0 Å². The van der Waals surface area contributed by atoms with Gasteiger partial charge in [0.15, 0.2) is 6.04 Å². The zero-order valence-electron chi connectivity index (χ0n) is 10.3. The molecule has 0 aromatic rings. The van der Waals surface area contributed by atoms with E-state index in [2.05, 4.69) is 5.32 Å². The quantitative estimate of drug-likeness (QED) is 0.432. The number of aliphatic hydroxyl groups excluding tert-OH is 1. The summed E-state index contributed by atoms with van der Waals surface area (Å²) < 4.78 is 0. The number of aliphatic hydroxyl groups is 1. The monoisotopic (exact) mass is 261 g/mol. The van der Waals surface area contributed by atoms with Crippen molar-refractivity contribution in [3.05, 3.63) is 0 Å². The summed E-state index contributed by atoms with van der Waals surface area (Å²) >= 11 is 0. The number of hydrogen-bond acceptors (Lipinski definition) is 4. The third-order valence-corrected chi connectivity index (χ3v) is 2.19. The van der Waals surface area contributed by atoms with Crippen molar-refractivity contribution in [3.63, 3.8) is 0 Å². The number of hydrogen-bond donors (Lipinski definition) is 4. The number of carboxylic acid groups (broad SMARTS) is 1. The largest absolute Gasteiger partial charge is 0.480 e. The number of carboxylic acids is 1. The molecule has 0 aromatic heterocycles. The number of rotatable bonds is 8. The first-order chi connectivity index (χ1) is 8.42. The van der Waals surface area contributed by atoms with Crippen LogP contribution in [0.2, 0.25) is 0 Å². The second kappa shape index (κ2) is 8.29. The van der Waals surface area contributed by atoms with Gasteiger partial charge in [-0.2, -0.15) is 0 Å². The zero-order chi connectivity index (χ0) is 14.1. The maximum Gasteiger partial charge on any atom is 0.328 e. The predicted molar refractivity (Wildman–Crippen MR) is 62.7 cm³/mol. The van der Waals surface area contributed by atoms with Crippen LogP contribution in [-0.4, -0.2) is 58.8 Å². The number of primary amides is 1. The fourth-order valence-electron chi connectivity index (χ4n) is 1.22. The summed E-state index contributed by atoms with van der Waals surface area (Å²) in [6.07, 6.45) is 1.47. The molecule has 0 saturated carbocycles. The third kappa shape index (κ3) is 6.04. The van der Waals surface area contributed by atoms with E-state index in [1.54, 1.807) is 0 Å². The summed E-state index contributed by atoms with van der Waals surface area (Å²) in [4.78, 5) is 34.3. The van der Waals surface area contributed by atoms with Crippen molar-refractivity contribution in [1.29, 1.82) is 0 Å². The predicted octanol–water partition coefficient (Wildman–Crippen LogP) is -1.27. The van der Waals surface area contributed by atoms with E-state index < -0.39 is 30.6 Å². The highest BCUT2D eigenvalue weighted by Gasteiger charge is 2.22. The molecule has 0 radical (unpaired) electrons. The third-order valence-electron chi connectivity index (χ3n) is 2.19. The molecule has 0 aliphatic heterocycles. The number of aliphatic carboxylic acids is 1. The molecular weight excluding hydrogens is 242 g/mol. The minimum absolute atomic E-state index is 0.288. The first-order valence-corrected chi connectivity index (χ1v) is 5.59. The van der Waals surface area contributed by atoms with Gasteiger partial charge >= 0.3 is 12.0 Å². The molecule has 0 saturated heterocycles. The molecule has 104 valence electrons. The van der Waals surface area contributed by atoms with Gasteiger partial charge in [-0.3, -0.25) is 4.79 Å². The van der Waals surface area contributed by atoms with Crippen LogP contribution in [0.3, 0.4) is 0 Å². The number of carbonyl (C=O) groups is 3. The molecule has 0 spiro atoms. The van der Waals surface area contributed by atoms with E-state index in [4.69, 9.17) is 15.9 Å². The Bertz CT molecular complexity index is 308. The number of nitrogens with two attached hydrogens (primary N) is 1. The number of urea groups is 1. The zero-order valence-corrected chi connectivity index (χ0v) is 10.3. The van der Waals surface area contributed by atoms with Gasteiger partial charge in [-0.1, -0.05) is 13.3 Å². The van der Waals surface area contributed by atoms with Crippen LogP contribution in [0.5, 0.6) is 0 Å². The Morgan fingerprint density at radius 2 is 2.00 bits per heavy atom. The molecule has 0 unspecified atom stereocenters. The van der Waals surface area contributed by atoms with E-state index in [0.717, 1.165) is 11.3 Å². The molecule has 0 aromatic carbocycles. The van der Waals surface area contributed by atoms with Gasteiger partial charge in [-0.15, -0.1) is 0 Å². The Hall–Kier alpha value is -1.83. The number of unbranched alkanes of at least 4 members (excludes halogenated alkanes) is 1. The van der Waals surface area contributed by atoms with Crippen molar-refractivity contribution >= 4 is 17.9 Å². The normalized spacial score (nSPS) is 11.7. The summed E-state index contributed by atoms with van der Waals surface area (Å²) in [5.41, 5.74) is 5.00. The van der Waals surface area contributed by atoms with Crippen LogP contribution in [0.1, 0.15) is 19.8 Å². The number of amides is 3. The van der Waals surface area contributed by atoms with Crippen molar-refractivity contribution in [2.45, 2.75) is 25.8 Å². The highest BCUT2D eigenvalue weighted by Crippen LogP contribution is 1.97. The molecule has 0 aliphatic rings. The molecule has 8 nitrogen and oxygen atoms in total. The van der Waals surface area contributed by atoms with Crippen LogP contribution in [0.25, 0.3) is 0 Å². The van der Waals surface area contributed by atoms with E-state index in [0.29, 0.717) is 13.0 Å². The van der Waals surface area contributed by atoms with Crippen molar-refractivity contribution in [2.24, 2.45) is 5.73 Å². The maximum absolute atomic E-state index is 11.7. The van der Waals surface area contributed by atoms with Crippen molar-refractivity contribution in [1.82, 2.24) is 10.2 Å². The van der Waals surface area contributed by atoms with E-state index in [1.165, 1.54) is 0 Å². The highest BCUT2D eigenvalue weighted by molar-refractivity contribution is 5.86. The molecule has 18 heavy (non-hydrogen) atoms. The SMILES string of the molecule is CCCCN(CC(N)=O)C(=O)N[C@@H](CO)C(=O)O. The lowest BCUT2D eigenvalue weighted by Gasteiger charge is -2.23. The maximum atomic E-state index is 11.7. The average molecular weight is 261 g/mol. The van der Waals surface area contributed by atoms with Gasteiger partial charge < -0.3 is 26.2 Å². The van der Waals surface area contributed by atoms with E-state index in [-0.39, 0.29) is 6.54 Å². The fraction of sp³-hybridized carbons (Fsp3) is 0.700. The molecule has 0 heterocycles. The molecule has 0 bridgehead atoms. The summed E-state index contributed by atoms with van der Waals surface area (Å²) in [6.45, 7) is 1.19. The van der Waals surface area contributed by atoms with Gasteiger partial charge in [-0.05, 0) is 6.42 Å². The molecule has 8 heteroatoms. The van der Waals surface area contributed by atoms with Gasteiger partial charge in [0.1, 0.15) is 6.54 Å². The number of nitrogens with one attached hydrogen (secondary N) is 1. The van der Waals surface area contributed by atoms with E-state index in [1.807, 2.05) is 6.92 Å². The topological polar surface area (TPSA) is 133 Å². The first-order valence-electron chi connectivity index (χ1n) is 5.59. The average Bonchev–Trinajstić information content (AvgIpc) is 2.30. The van der Waals surface area contributed by atoms with Crippen molar-refractivity contribution < 1.29 is 24.6 Å². The Morgan fingerprint density at radius 3 is 2.39 bits per heavy atom. The minimum Gasteiger partial charge on any atom is -0.480 e. The van der Waals surface area contributed by atoms with Crippen LogP contribution in [0.4, 0.5) is 4.79 Å². The Labute approximate surface area is 105 Å². The van der Waals surface area contributed by atoms with Crippen LogP contribution in [0, 0.1) is 0 Å². The molecule has 0 fully saturated rings. The summed E-state index contributed by atoms with van der Waals surface area (Å²) in [5.74, 6) is -2.03. The Balaban J connectivity index is 4.52. The fourth-order valence-corrected chi connectivity index (χ4v) is 1.22. The first kappa shape index (κ1) is 16.2. The second-order valence-electron chi connectivity index (χ2n) is 3.76. The Kier molecular flexibility index (Phi) is 7.45. The lowest BCUT2D eigenvalue weighted by atomic mass is 10.3. The molecule has 0 rings (SSSR count). The molecule has 0 aliphatic carbocycles.